The number of anilines is 3. The summed E-state index contributed by atoms with van der Waals surface area (Å²) in [6.07, 6.45) is -1.72. The van der Waals surface area contributed by atoms with Crippen molar-refractivity contribution in [2.45, 2.75) is 26.4 Å². The van der Waals surface area contributed by atoms with E-state index in [2.05, 4.69) is 34.4 Å². The van der Waals surface area contributed by atoms with E-state index in [0.717, 1.165) is 25.1 Å². The summed E-state index contributed by atoms with van der Waals surface area (Å²) in [5, 5.41) is 6.08. The van der Waals surface area contributed by atoms with E-state index in [1.807, 2.05) is 0 Å². The van der Waals surface area contributed by atoms with Crippen LogP contribution >= 0.6 is 0 Å². The lowest BCUT2D eigenvalue weighted by Gasteiger charge is -2.10. The van der Waals surface area contributed by atoms with E-state index < -0.39 is 11.7 Å². The third-order valence-corrected chi connectivity index (χ3v) is 3.15. The smallest absolute Gasteiger partial charge is 0.370 e. The first kappa shape index (κ1) is 17.1. The van der Waals surface area contributed by atoms with Crippen LogP contribution in [0.1, 0.15) is 25.8 Å². The first-order chi connectivity index (χ1) is 10.8. The highest BCUT2D eigenvalue weighted by Gasteiger charge is 2.29. The number of halogens is 3. The molecule has 2 N–H and O–H groups in total. The molecule has 0 aliphatic rings. The Balaban J connectivity index is 2.00. The molecule has 7 heteroatoms. The maximum absolute atomic E-state index is 12.5. The van der Waals surface area contributed by atoms with Crippen molar-refractivity contribution >= 4 is 17.5 Å². The Labute approximate surface area is 133 Å². The van der Waals surface area contributed by atoms with Crippen LogP contribution in [0.15, 0.2) is 36.5 Å². The second-order valence-electron chi connectivity index (χ2n) is 5.57. The van der Waals surface area contributed by atoms with Crippen molar-refractivity contribution in [2.75, 3.05) is 17.2 Å². The van der Waals surface area contributed by atoms with Crippen LogP contribution in [0.3, 0.4) is 0 Å². The molecule has 0 spiro atoms. The van der Waals surface area contributed by atoms with Crippen LogP contribution in [0.2, 0.25) is 0 Å². The molecule has 1 aromatic heterocycles. The van der Waals surface area contributed by atoms with Gasteiger partial charge in [0.15, 0.2) is 0 Å². The molecule has 23 heavy (non-hydrogen) atoms. The van der Waals surface area contributed by atoms with Gasteiger partial charge >= 0.3 is 6.18 Å². The molecule has 0 amide bonds. The first-order valence-corrected chi connectivity index (χ1v) is 7.36. The molecule has 0 unspecified atom stereocenters. The van der Waals surface area contributed by atoms with Crippen molar-refractivity contribution in [1.82, 2.24) is 9.97 Å². The molecule has 0 saturated carbocycles. The van der Waals surface area contributed by atoms with Crippen LogP contribution in [0.25, 0.3) is 0 Å². The Kier molecular flexibility index (Phi) is 5.41. The molecule has 0 radical (unpaired) electrons. The van der Waals surface area contributed by atoms with Gasteiger partial charge in [0.05, 0.1) is 5.56 Å². The van der Waals surface area contributed by atoms with Gasteiger partial charge in [-0.1, -0.05) is 13.8 Å². The SMILES string of the molecule is CC(C)CCNc1ccnc(Nc2ccc(C(F)(F)F)cc2)n1. The zero-order chi connectivity index (χ0) is 16.9. The van der Waals surface area contributed by atoms with Gasteiger partial charge in [-0.3, -0.25) is 0 Å². The van der Waals surface area contributed by atoms with Crippen molar-refractivity contribution in [2.24, 2.45) is 5.92 Å². The Morgan fingerprint density at radius 3 is 2.39 bits per heavy atom. The van der Waals surface area contributed by atoms with Crippen LogP contribution < -0.4 is 10.6 Å². The van der Waals surface area contributed by atoms with Gasteiger partial charge in [0.25, 0.3) is 0 Å². The quantitative estimate of drug-likeness (QED) is 0.809. The fourth-order valence-corrected chi connectivity index (χ4v) is 1.88. The van der Waals surface area contributed by atoms with E-state index in [9.17, 15) is 13.2 Å². The minimum absolute atomic E-state index is 0.333. The fourth-order valence-electron chi connectivity index (χ4n) is 1.88. The maximum atomic E-state index is 12.5. The standard InChI is InChI=1S/C16H19F3N4/c1-11(2)7-9-20-14-8-10-21-15(23-14)22-13-5-3-12(4-6-13)16(17,18)19/h3-6,8,10-11H,7,9H2,1-2H3,(H2,20,21,22,23). The summed E-state index contributed by atoms with van der Waals surface area (Å²) < 4.78 is 37.6. The van der Waals surface area contributed by atoms with Crippen LogP contribution in [0.5, 0.6) is 0 Å². The lowest BCUT2D eigenvalue weighted by molar-refractivity contribution is -0.137. The van der Waals surface area contributed by atoms with Gasteiger partial charge in [0, 0.05) is 18.4 Å². The van der Waals surface area contributed by atoms with E-state index in [0.29, 0.717) is 23.4 Å². The molecule has 0 aliphatic carbocycles. The van der Waals surface area contributed by atoms with Crippen molar-refractivity contribution in [1.29, 1.82) is 0 Å². The topological polar surface area (TPSA) is 49.8 Å². The minimum atomic E-state index is -4.34. The molecule has 2 aromatic rings. The first-order valence-electron chi connectivity index (χ1n) is 7.36. The molecule has 0 aliphatic heterocycles. The molecular formula is C16H19F3N4. The molecule has 0 atom stereocenters. The summed E-state index contributed by atoms with van der Waals surface area (Å²) >= 11 is 0. The van der Waals surface area contributed by atoms with E-state index in [1.165, 1.54) is 12.1 Å². The molecule has 0 fully saturated rings. The highest BCUT2D eigenvalue weighted by atomic mass is 19.4. The second-order valence-corrected chi connectivity index (χ2v) is 5.57. The molecule has 4 nitrogen and oxygen atoms in total. The van der Waals surface area contributed by atoms with E-state index in [1.54, 1.807) is 12.3 Å². The van der Waals surface area contributed by atoms with Crippen molar-refractivity contribution in [3.8, 4) is 0 Å². The number of benzene rings is 1. The fraction of sp³-hybridized carbons (Fsp3) is 0.375. The lowest BCUT2D eigenvalue weighted by atomic mass is 10.1. The third-order valence-electron chi connectivity index (χ3n) is 3.15. The van der Waals surface area contributed by atoms with Gasteiger partial charge < -0.3 is 10.6 Å². The second kappa shape index (κ2) is 7.30. The van der Waals surface area contributed by atoms with E-state index >= 15 is 0 Å². The molecule has 124 valence electrons. The molecule has 1 heterocycles. The summed E-state index contributed by atoms with van der Waals surface area (Å²) in [7, 11) is 0. The summed E-state index contributed by atoms with van der Waals surface area (Å²) in [4.78, 5) is 8.35. The van der Waals surface area contributed by atoms with Crippen LogP contribution in [0, 0.1) is 5.92 Å². The Bertz CT molecular complexity index is 624. The Morgan fingerprint density at radius 1 is 1.09 bits per heavy atom. The van der Waals surface area contributed by atoms with Crippen molar-refractivity contribution in [3.63, 3.8) is 0 Å². The lowest BCUT2D eigenvalue weighted by Crippen LogP contribution is -2.08. The number of aromatic nitrogens is 2. The highest BCUT2D eigenvalue weighted by Crippen LogP contribution is 2.30. The van der Waals surface area contributed by atoms with Gasteiger partial charge in [-0.15, -0.1) is 0 Å². The summed E-state index contributed by atoms with van der Waals surface area (Å²) in [5.74, 6) is 1.60. The van der Waals surface area contributed by atoms with E-state index in [-0.39, 0.29) is 0 Å². The zero-order valence-corrected chi connectivity index (χ0v) is 13.0. The Hall–Kier alpha value is -2.31. The zero-order valence-electron chi connectivity index (χ0n) is 13.0. The molecule has 2 rings (SSSR count). The van der Waals surface area contributed by atoms with Crippen LogP contribution in [-0.2, 0) is 6.18 Å². The average molecular weight is 324 g/mol. The monoisotopic (exact) mass is 324 g/mol. The highest BCUT2D eigenvalue weighted by molar-refractivity contribution is 5.55. The molecular weight excluding hydrogens is 305 g/mol. The summed E-state index contributed by atoms with van der Waals surface area (Å²) in [5.41, 5.74) is -0.189. The van der Waals surface area contributed by atoms with Crippen LogP contribution in [-0.4, -0.2) is 16.5 Å². The van der Waals surface area contributed by atoms with Gasteiger partial charge in [-0.25, -0.2) is 4.98 Å². The molecule has 0 bridgehead atoms. The van der Waals surface area contributed by atoms with Gasteiger partial charge in [0.1, 0.15) is 5.82 Å². The van der Waals surface area contributed by atoms with Crippen molar-refractivity contribution in [3.05, 3.63) is 42.1 Å². The number of nitrogens with zero attached hydrogens (tertiary/aromatic N) is 2. The van der Waals surface area contributed by atoms with Gasteiger partial charge in [-0.2, -0.15) is 18.2 Å². The Morgan fingerprint density at radius 2 is 1.78 bits per heavy atom. The van der Waals surface area contributed by atoms with Crippen molar-refractivity contribution < 1.29 is 13.2 Å². The largest absolute Gasteiger partial charge is 0.416 e. The summed E-state index contributed by atoms with van der Waals surface area (Å²) in [6, 6.07) is 6.49. The minimum Gasteiger partial charge on any atom is -0.370 e. The predicted octanol–water partition coefficient (Wildman–Crippen LogP) is 4.70. The van der Waals surface area contributed by atoms with E-state index in [4.69, 9.17) is 0 Å². The predicted molar refractivity (Wildman–Crippen MR) is 84.7 cm³/mol. The number of hydrogen-bond donors (Lipinski definition) is 2. The average Bonchev–Trinajstić information content (AvgIpc) is 2.47. The van der Waals surface area contributed by atoms with Gasteiger partial charge in [0.2, 0.25) is 5.95 Å². The van der Waals surface area contributed by atoms with Gasteiger partial charge in [-0.05, 0) is 42.7 Å². The number of hydrogen-bond acceptors (Lipinski definition) is 4. The normalized spacial score (nSPS) is 11.6. The molecule has 1 aromatic carbocycles. The number of rotatable bonds is 6. The number of nitrogens with one attached hydrogen (secondary N) is 2. The van der Waals surface area contributed by atoms with Crippen LogP contribution in [0.4, 0.5) is 30.6 Å². The number of alkyl halides is 3. The maximum Gasteiger partial charge on any atom is 0.416 e. The molecule has 0 saturated heterocycles. The third kappa shape index (κ3) is 5.43. The summed E-state index contributed by atoms with van der Waals surface area (Å²) in [6.45, 7) is 5.08.